The van der Waals surface area contributed by atoms with Crippen molar-refractivity contribution in [3.63, 3.8) is 0 Å². The first-order valence-corrected chi connectivity index (χ1v) is 5.46. The van der Waals surface area contributed by atoms with Crippen LogP contribution in [0.25, 0.3) is 0 Å². The van der Waals surface area contributed by atoms with Crippen molar-refractivity contribution in [3.8, 4) is 0 Å². The van der Waals surface area contributed by atoms with Gasteiger partial charge in [0.05, 0.1) is 6.61 Å². The van der Waals surface area contributed by atoms with Gasteiger partial charge < -0.3 is 14.4 Å². The normalized spacial score (nSPS) is 24.1. The molecule has 2 aliphatic heterocycles. The number of rotatable bonds is 0. The molecule has 2 saturated heterocycles. The van der Waals surface area contributed by atoms with Gasteiger partial charge in [0, 0.05) is 25.1 Å². The van der Waals surface area contributed by atoms with Crippen LogP contribution in [0.1, 0.15) is 27.2 Å². The third kappa shape index (κ3) is 2.25. The largest absolute Gasteiger partial charge is 0.444 e. The third-order valence-electron chi connectivity index (χ3n) is 2.89. The van der Waals surface area contributed by atoms with Crippen LogP contribution in [0.4, 0.5) is 4.79 Å². The summed E-state index contributed by atoms with van der Waals surface area (Å²) in [6, 6.07) is 0. The highest BCUT2D eigenvalue weighted by atomic mass is 16.6. The fourth-order valence-corrected chi connectivity index (χ4v) is 2.12. The van der Waals surface area contributed by atoms with E-state index >= 15 is 0 Å². The van der Waals surface area contributed by atoms with Crippen LogP contribution in [0.15, 0.2) is 0 Å². The van der Waals surface area contributed by atoms with Crippen molar-refractivity contribution in [1.29, 1.82) is 0 Å². The van der Waals surface area contributed by atoms with Gasteiger partial charge in [-0.05, 0) is 27.2 Å². The van der Waals surface area contributed by atoms with E-state index in [1.54, 1.807) is 4.90 Å². The smallest absolute Gasteiger partial charge is 0.410 e. The molecule has 0 unspecified atom stereocenters. The van der Waals surface area contributed by atoms with E-state index in [9.17, 15) is 4.79 Å². The topological polar surface area (TPSA) is 38.8 Å². The van der Waals surface area contributed by atoms with Crippen LogP contribution < -0.4 is 0 Å². The minimum atomic E-state index is -0.397. The van der Waals surface area contributed by atoms with Gasteiger partial charge in [0.15, 0.2) is 0 Å². The van der Waals surface area contributed by atoms with Crippen LogP contribution in [0.3, 0.4) is 0 Å². The summed E-state index contributed by atoms with van der Waals surface area (Å²) in [5, 5.41) is 0. The molecule has 4 nitrogen and oxygen atoms in total. The Kier molecular flexibility index (Phi) is 2.41. The lowest BCUT2D eigenvalue weighted by Crippen LogP contribution is -2.59. The van der Waals surface area contributed by atoms with Gasteiger partial charge in [-0.1, -0.05) is 0 Å². The molecule has 2 rings (SSSR count). The zero-order chi connectivity index (χ0) is 11.1. The Hall–Kier alpha value is -0.770. The lowest BCUT2D eigenvalue weighted by atomic mass is 9.80. The zero-order valence-corrected chi connectivity index (χ0v) is 9.71. The molecule has 0 saturated carbocycles. The molecule has 4 heteroatoms. The second kappa shape index (κ2) is 3.37. The van der Waals surface area contributed by atoms with E-state index < -0.39 is 5.60 Å². The average molecular weight is 213 g/mol. The van der Waals surface area contributed by atoms with Crippen LogP contribution in [-0.4, -0.2) is 42.9 Å². The first-order chi connectivity index (χ1) is 6.90. The minimum Gasteiger partial charge on any atom is -0.444 e. The number of carbonyl (C=O) groups excluding carboxylic acids is 1. The van der Waals surface area contributed by atoms with Crippen molar-refractivity contribution in [2.75, 3.05) is 26.3 Å². The summed E-state index contributed by atoms with van der Waals surface area (Å²) >= 11 is 0. The van der Waals surface area contributed by atoms with Crippen molar-refractivity contribution in [2.24, 2.45) is 5.41 Å². The molecule has 0 radical (unpaired) electrons. The van der Waals surface area contributed by atoms with Gasteiger partial charge in [-0.2, -0.15) is 0 Å². The van der Waals surface area contributed by atoms with Crippen molar-refractivity contribution in [1.82, 2.24) is 4.90 Å². The number of carbonyl (C=O) groups is 1. The molecule has 1 spiro atoms. The Bertz CT molecular complexity index is 255. The predicted molar refractivity (Wildman–Crippen MR) is 55.7 cm³/mol. The summed E-state index contributed by atoms with van der Waals surface area (Å²) in [5.74, 6) is 0. The van der Waals surface area contributed by atoms with Gasteiger partial charge in [0.2, 0.25) is 0 Å². The lowest BCUT2D eigenvalue weighted by Gasteiger charge is -2.46. The van der Waals surface area contributed by atoms with Crippen LogP contribution in [0.5, 0.6) is 0 Å². The standard InChI is InChI=1S/C11H19NO3/c1-10(2,3)15-9(13)12-6-11(7-12)4-5-14-8-11/h4-8H2,1-3H3. The van der Waals surface area contributed by atoms with Crippen LogP contribution >= 0.6 is 0 Å². The third-order valence-corrected chi connectivity index (χ3v) is 2.89. The number of amides is 1. The van der Waals surface area contributed by atoms with Crippen LogP contribution in [0.2, 0.25) is 0 Å². The second-order valence-corrected chi connectivity index (χ2v) is 5.64. The Morgan fingerprint density at radius 2 is 2.07 bits per heavy atom. The second-order valence-electron chi connectivity index (χ2n) is 5.64. The van der Waals surface area contributed by atoms with E-state index in [1.165, 1.54) is 0 Å². The van der Waals surface area contributed by atoms with Gasteiger partial charge in [-0.25, -0.2) is 4.79 Å². The summed E-state index contributed by atoms with van der Waals surface area (Å²) in [4.78, 5) is 13.4. The number of likely N-dealkylation sites (tertiary alicyclic amines) is 1. The summed E-state index contributed by atoms with van der Waals surface area (Å²) < 4.78 is 10.6. The number of hydrogen-bond donors (Lipinski definition) is 0. The van der Waals surface area contributed by atoms with E-state index in [4.69, 9.17) is 9.47 Å². The van der Waals surface area contributed by atoms with Crippen molar-refractivity contribution < 1.29 is 14.3 Å². The maximum absolute atomic E-state index is 11.6. The van der Waals surface area contributed by atoms with Gasteiger partial charge in [-0.15, -0.1) is 0 Å². The quantitative estimate of drug-likeness (QED) is 0.614. The fraction of sp³-hybridized carbons (Fsp3) is 0.909. The molecule has 0 atom stereocenters. The first kappa shape index (κ1) is 10.7. The number of ether oxygens (including phenoxy) is 2. The molecule has 0 aromatic heterocycles. The molecular weight excluding hydrogens is 194 g/mol. The first-order valence-electron chi connectivity index (χ1n) is 5.46. The Morgan fingerprint density at radius 3 is 2.53 bits per heavy atom. The Morgan fingerprint density at radius 1 is 1.40 bits per heavy atom. The Balaban J connectivity index is 1.81. The van der Waals surface area contributed by atoms with E-state index in [2.05, 4.69) is 0 Å². The maximum Gasteiger partial charge on any atom is 0.410 e. The maximum atomic E-state index is 11.6. The molecule has 0 aliphatic carbocycles. The van der Waals surface area contributed by atoms with Crippen molar-refractivity contribution in [3.05, 3.63) is 0 Å². The van der Waals surface area contributed by atoms with Crippen LogP contribution in [0, 0.1) is 5.41 Å². The molecule has 15 heavy (non-hydrogen) atoms. The molecule has 1 amide bonds. The fourth-order valence-electron chi connectivity index (χ4n) is 2.12. The molecule has 2 heterocycles. The van der Waals surface area contributed by atoms with Gasteiger partial charge >= 0.3 is 6.09 Å². The monoisotopic (exact) mass is 213 g/mol. The SMILES string of the molecule is CC(C)(C)OC(=O)N1CC2(CCOC2)C1. The lowest BCUT2D eigenvalue weighted by molar-refractivity contribution is -0.0365. The van der Waals surface area contributed by atoms with Gasteiger partial charge in [-0.3, -0.25) is 0 Å². The van der Waals surface area contributed by atoms with Crippen molar-refractivity contribution in [2.45, 2.75) is 32.8 Å². The molecule has 0 N–H and O–H groups in total. The van der Waals surface area contributed by atoms with Crippen molar-refractivity contribution >= 4 is 6.09 Å². The molecular formula is C11H19NO3. The molecule has 86 valence electrons. The van der Waals surface area contributed by atoms with E-state index in [0.29, 0.717) is 0 Å². The molecule has 0 aromatic rings. The van der Waals surface area contributed by atoms with Gasteiger partial charge in [0.25, 0.3) is 0 Å². The number of hydrogen-bond acceptors (Lipinski definition) is 3. The highest BCUT2D eigenvalue weighted by Gasteiger charge is 2.48. The summed E-state index contributed by atoms with van der Waals surface area (Å²) in [7, 11) is 0. The average Bonchev–Trinajstić information content (AvgIpc) is 2.44. The van der Waals surface area contributed by atoms with E-state index in [0.717, 1.165) is 32.7 Å². The predicted octanol–water partition coefficient (Wildman–Crippen LogP) is 1.64. The highest BCUT2D eigenvalue weighted by molar-refractivity contribution is 5.69. The van der Waals surface area contributed by atoms with Crippen LogP contribution in [-0.2, 0) is 9.47 Å². The summed E-state index contributed by atoms with van der Waals surface area (Å²) in [6.45, 7) is 8.88. The Labute approximate surface area is 90.5 Å². The number of nitrogens with zero attached hydrogens (tertiary/aromatic N) is 1. The highest BCUT2D eigenvalue weighted by Crippen LogP contribution is 2.38. The molecule has 2 aliphatic rings. The summed E-state index contributed by atoms with van der Waals surface area (Å²) in [5.41, 5.74) is -0.150. The minimum absolute atomic E-state index is 0.194. The molecule has 0 bridgehead atoms. The molecule has 2 fully saturated rings. The van der Waals surface area contributed by atoms with E-state index in [1.807, 2.05) is 20.8 Å². The molecule has 0 aromatic carbocycles. The summed E-state index contributed by atoms with van der Waals surface area (Å²) in [6.07, 6.45) is 0.881. The van der Waals surface area contributed by atoms with E-state index in [-0.39, 0.29) is 11.5 Å². The van der Waals surface area contributed by atoms with Gasteiger partial charge in [0.1, 0.15) is 5.60 Å². The zero-order valence-electron chi connectivity index (χ0n) is 9.71.